The minimum absolute atomic E-state index is 0.211. The molecule has 2 rings (SSSR count). The number of aromatic amines is 1. The highest BCUT2D eigenvalue weighted by atomic mass is 16.7. The summed E-state index contributed by atoms with van der Waals surface area (Å²) in [4.78, 5) is 3.28. The minimum atomic E-state index is -0.211. The molecule has 0 bridgehead atoms. The van der Waals surface area contributed by atoms with Crippen LogP contribution < -0.4 is 5.32 Å². The molecule has 0 amide bonds. The molecule has 0 aliphatic heterocycles. The smallest absolute Gasteiger partial charge is 0.169 e. The summed E-state index contributed by atoms with van der Waals surface area (Å²) in [7, 11) is 3.29. The Bertz CT molecular complexity index is 491. The van der Waals surface area contributed by atoms with E-state index in [-0.39, 0.29) is 12.3 Å². The third kappa shape index (κ3) is 2.72. The lowest BCUT2D eigenvalue weighted by molar-refractivity contribution is -0.0997. The molecule has 0 fully saturated rings. The summed E-state index contributed by atoms with van der Waals surface area (Å²) in [6.45, 7) is 2.80. The van der Waals surface area contributed by atoms with Crippen LogP contribution in [0.5, 0.6) is 0 Å². The van der Waals surface area contributed by atoms with E-state index in [0.717, 1.165) is 5.52 Å². The van der Waals surface area contributed by atoms with Crippen molar-refractivity contribution in [1.29, 1.82) is 0 Å². The number of hydrogen-bond donors (Lipinski definition) is 2. The highest BCUT2D eigenvalue weighted by Gasteiger charge is 2.12. The van der Waals surface area contributed by atoms with Crippen molar-refractivity contribution in [3.05, 3.63) is 36.0 Å². The van der Waals surface area contributed by atoms with Crippen molar-refractivity contribution in [3.8, 4) is 0 Å². The average molecular weight is 248 g/mol. The highest BCUT2D eigenvalue weighted by molar-refractivity contribution is 5.83. The molecule has 0 aliphatic carbocycles. The Morgan fingerprint density at radius 3 is 2.67 bits per heavy atom. The fraction of sp³-hybridized carbons (Fsp3) is 0.429. The molecule has 0 aliphatic rings. The summed E-state index contributed by atoms with van der Waals surface area (Å²) < 4.78 is 10.3. The van der Waals surface area contributed by atoms with E-state index in [2.05, 4.69) is 41.6 Å². The van der Waals surface area contributed by atoms with Gasteiger partial charge in [0, 0.05) is 43.9 Å². The van der Waals surface area contributed by atoms with Crippen molar-refractivity contribution in [2.45, 2.75) is 19.3 Å². The van der Waals surface area contributed by atoms with Crippen molar-refractivity contribution < 1.29 is 9.47 Å². The first-order valence-electron chi connectivity index (χ1n) is 6.11. The number of fused-ring (bicyclic) bond motifs is 1. The number of nitrogens with one attached hydrogen (secondary N) is 2. The van der Waals surface area contributed by atoms with Crippen molar-refractivity contribution in [3.63, 3.8) is 0 Å². The largest absolute Gasteiger partial charge is 0.361 e. The van der Waals surface area contributed by atoms with E-state index in [0.29, 0.717) is 6.54 Å². The molecule has 4 heteroatoms. The molecule has 18 heavy (non-hydrogen) atoms. The number of aromatic nitrogens is 1. The summed E-state index contributed by atoms with van der Waals surface area (Å²) in [5.74, 6) is 0. The summed E-state index contributed by atoms with van der Waals surface area (Å²) in [5, 5.41) is 4.66. The van der Waals surface area contributed by atoms with Gasteiger partial charge < -0.3 is 19.8 Å². The fourth-order valence-corrected chi connectivity index (χ4v) is 2.10. The minimum Gasteiger partial charge on any atom is -0.361 e. The zero-order chi connectivity index (χ0) is 13.0. The molecule has 1 aromatic heterocycles. The summed E-state index contributed by atoms with van der Waals surface area (Å²) in [6, 6.07) is 8.54. The van der Waals surface area contributed by atoms with Crippen LogP contribution in [0.2, 0.25) is 0 Å². The Hall–Kier alpha value is -1.36. The van der Waals surface area contributed by atoms with Crippen LogP contribution in [-0.2, 0) is 9.47 Å². The molecule has 0 radical (unpaired) electrons. The van der Waals surface area contributed by atoms with Gasteiger partial charge in [0.15, 0.2) is 6.29 Å². The summed E-state index contributed by atoms with van der Waals surface area (Å²) >= 11 is 0. The molecular formula is C14H20N2O2. The van der Waals surface area contributed by atoms with Crippen LogP contribution in [-0.4, -0.2) is 32.0 Å². The van der Waals surface area contributed by atoms with E-state index in [1.165, 1.54) is 10.9 Å². The third-order valence-electron chi connectivity index (χ3n) is 3.20. The van der Waals surface area contributed by atoms with Crippen molar-refractivity contribution >= 4 is 10.9 Å². The first-order chi connectivity index (χ1) is 8.76. The Labute approximate surface area is 107 Å². The molecular weight excluding hydrogens is 228 g/mol. The van der Waals surface area contributed by atoms with Crippen LogP contribution in [0, 0.1) is 0 Å². The number of methoxy groups -OCH3 is 2. The number of rotatable bonds is 6. The lowest BCUT2D eigenvalue weighted by atomic mass is 10.1. The van der Waals surface area contributed by atoms with E-state index in [1.807, 2.05) is 6.07 Å². The first-order valence-corrected chi connectivity index (χ1v) is 6.11. The Balaban J connectivity index is 2.07. The zero-order valence-corrected chi connectivity index (χ0v) is 11.1. The molecule has 1 atom stereocenters. The summed E-state index contributed by atoms with van der Waals surface area (Å²) in [6.07, 6.45) is 1.84. The predicted molar refractivity (Wildman–Crippen MR) is 72.5 cm³/mol. The second-order valence-corrected chi connectivity index (χ2v) is 4.32. The van der Waals surface area contributed by atoms with Crippen LogP contribution in [0.1, 0.15) is 18.5 Å². The molecule has 2 aromatic rings. The van der Waals surface area contributed by atoms with Gasteiger partial charge >= 0.3 is 0 Å². The normalized spacial score (nSPS) is 13.3. The fourth-order valence-electron chi connectivity index (χ4n) is 2.10. The van der Waals surface area contributed by atoms with Gasteiger partial charge in [-0.2, -0.15) is 0 Å². The number of H-pyrrole nitrogens is 1. The monoisotopic (exact) mass is 248 g/mol. The molecule has 0 spiro atoms. The molecule has 0 saturated carbocycles. The van der Waals surface area contributed by atoms with E-state index in [1.54, 1.807) is 14.2 Å². The lowest BCUT2D eigenvalue weighted by Crippen LogP contribution is -2.31. The van der Waals surface area contributed by atoms with Crippen LogP contribution in [0.4, 0.5) is 0 Å². The van der Waals surface area contributed by atoms with Gasteiger partial charge in [0.25, 0.3) is 0 Å². The van der Waals surface area contributed by atoms with Gasteiger partial charge in [-0.25, -0.2) is 0 Å². The molecule has 2 N–H and O–H groups in total. The maximum atomic E-state index is 5.16. The van der Waals surface area contributed by atoms with Gasteiger partial charge in [-0.15, -0.1) is 0 Å². The Kier molecular flexibility index (Phi) is 4.36. The SMILES string of the molecule is COC(CN[C@@H](C)c1c[nH]c2ccccc12)OC. The quantitative estimate of drug-likeness (QED) is 0.772. The van der Waals surface area contributed by atoms with Crippen LogP contribution in [0.15, 0.2) is 30.5 Å². The van der Waals surface area contributed by atoms with Crippen molar-refractivity contribution in [2.75, 3.05) is 20.8 Å². The van der Waals surface area contributed by atoms with Gasteiger partial charge in [0.2, 0.25) is 0 Å². The molecule has 4 nitrogen and oxygen atoms in total. The molecule has 1 aromatic carbocycles. The molecule has 1 heterocycles. The molecule has 0 saturated heterocycles. The number of hydrogen-bond acceptors (Lipinski definition) is 3. The Morgan fingerprint density at radius 2 is 1.94 bits per heavy atom. The highest BCUT2D eigenvalue weighted by Crippen LogP contribution is 2.23. The third-order valence-corrected chi connectivity index (χ3v) is 3.20. The van der Waals surface area contributed by atoms with Crippen LogP contribution >= 0.6 is 0 Å². The van der Waals surface area contributed by atoms with Crippen molar-refractivity contribution in [1.82, 2.24) is 10.3 Å². The molecule has 98 valence electrons. The average Bonchev–Trinajstić information content (AvgIpc) is 2.83. The van der Waals surface area contributed by atoms with Gasteiger partial charge in [0.05, 0.1) is 0 Å². The second-order valence-electron chi connectivity index (χ2n) is 4.32. The van der Waals surface area contributed by atoms with E-state index in [4.69, 9.17) is 9.47 Å². The molecule has 0 unspecified atom stereocenters. The van der Waals surface area contributed by atoms with Crippen molar-refractivity contribution in [2.24, 2.45) is 0 Å². The zero-order valence-electron chi connectivity index (χ0n) is 11.1. The van der Waals surface area contributed by atoms with Gasteiger partial charge in [-0.05, 0) is 18.6 Å². The van der Waals surface area contributed by atoms with E-state index in [9.17, 15) is 0 Å². The van der Waals surface area contributed by atoms with Crippen LogP contribution in [0.3, 0.4) is 0 Å². The second kappa shape index (κ2) is 6.00. The maximum absolute atomic E-state index is 5.16. The van der Waals surface area contributed by atoms with E-state index >= 15 is 0 Å². The number of para-hydroxylation sites is 1. The number of ether oxygens (including phenoxy) is 2. The van der Waals surface area contributed by atoms with Crippen LogP contribution in [0.25, 0.3) is 10.9 Å². The predicted octanol–water partition coefficient (Wildman–Crippen LogP) is 2.44. The number of benzene rings is 1. The summed E-state index contributed by atoms with van der Waals surface area (Å²) in [5.41, 5.74) is 2.42. The maximum Gasteiger partial charge on any atom is 0.169 e. The first kappa shape index (κ1) is 13.1. The topological polar surface area (TPSA) is 46.3 Å². The van der Waals surface area contributed by atoms with E-state index < -0.39 is 0 Å². The van der Waals surface area contributed by atoms with Gasteiger partial charge in [0.1, 0.15) is 0 Å². The van der Waals surface area contributed by atoms with Gasteiger partial charge in [-0.1, -0.05) is 18.2 Å². The standard InChI is InChI=1S/C14H20N2O2/c1-10(15-9-14(17-2)18-3)12-8-16-13-7-5-4-6-11(12)13/h4-8,10,14-16H,9H2,1-3H3/t10-/m0/s1. The Morgan fingerprint density at radius 1 is 1.22 bits per heavy atom. The van der Waals surface area contributed by atoms with Gasteiger partial charge in [-0.3, -0.25) is 0 Å². The lowest BCUT2D eigenvalue weighted by Gasteiger charge is -2.18.